The number of carboxylic acid groups (broad SMARTS) is 1. The first-order valence-electron chi connectivity index (χ1n) is 6.98. The van der Waals surface area contributed by atoms with Crippen LogP contribution < -0.4 is 4.90 Å². The third kappa shape index (κ3) is 3.95. The van der Waals surface area contributed by atoms with Crippen LogP contribution in [-0.4, -0.2) is 48.1 Å². The summed E-state index contributed by atoms with van der Waals surface area (Å²) < 4.78 is 0. The summed E-state index contributed by atoms with van der Waals surface area (Å²) in [5, 5.41) is 9.26. The number of hydrogen-bond donors (Lipinski definition) is 1. The minimum absolute atomic E-state index is 0.0510. The van der Waals surface area contributed by atoms with E-state index in [9.17, 15) is 9.59 Å². The van der Waals surface area contributed by atoms with Crippen LogP contribution in [0, 0.1) is 0 Å². The van der Waals surface area contributed by atoms with Crippen LogP contribution in [0.2, 0.25) is 5.02 Å². The third-order valence-electron chi connectivity index (χ3n) is 3.73. The summed E-state index contributed by atoms with van der Waals surface area (Å²) >= 11 is 5.96. The quantitative estimate of drug-likeness (QED) is 0.875. The summed E-state index contributed by atoms with van der Waals surface area (Å²) in [6.45, 7) is 1.26. The van der Waals surface area contributed by atoms with Gasteiger partial charge in [0.2, 0.25) is 5.91 Å². The average Bonchev–Trinajstić information content (AvgIpc) is 2.80. The first kappa shape index (κ1) is 15.8. The van der Waals surface area contributed by atoms with Gasteiger partial charge in [0.05, 0.1) is 6.04 Å². The van der Waals surface area contributed by atoms with Crippen LogP contribution in [0.3, 0.4) is 0 Å². The highest BCUT2D eigenvalue weighted by atomic mass is 35.5. The molecule has 1 amide bonds. The molecule has 1 saturated heterocycles. The van der Waals surface area contributed by atoms with Gasteiger partial charge >= 0.3 is 5.97 Å². The maximum Gasteiger partial charge on any atom is 0.303 e. The molecule has 1 N–H and O–H groups in total. The second-order valence-electron chi connectivity index (χ2n) is 5.25. The van der Waals surface area contributed by atoms with Crippen molar-refractivity contribution in [3.63, 3.8) is 0 Å². The Balaban J connectivity index is 1.96. The van der Waals surface area contributed by atoms with E-state index in [-0.39, 0.29) is 18.4 Å². The summed E-state index contributed by atoms with van der Waals surface area (Å²) in [5.41, 5.74) is 0.814. The molecule has 1 aliphatic heterocycles. The second kappa shape index (κ2) is 6.91. The highest BCUT2D eigenvalue weighted by molar-refractivity contribution is 6.30. The zero-order chi connectivity index (χ0) is 15.4. The van der Waals surface area contributed by atoms with Gasteiger partial charge in [0.15, 0.2) is 0 Å². The van der Waals surface area contributed by atoms with Crippen molar-refractivity contribution in [2.45, 2.75) is 25.3 Å². The standard InChI is InChI=1S/C15H19ClN2O3/c1-17(8-3-6-14(19)20)13-7-9-18(15(13)21)12-5-2-4-11(16)10-12/h2,4-5,10,13H,3,6-9H2,1H3,(H,19,20)/t13-/m1/s1. The van der Waals surface area contributed by atoms with E-state index in [1.54, 1.807) is 17.0 Å². The van der Waals surface area contributed by atoms with Gasteiger partial charge in [0.25, 0.3) is 0 Å². The summed E-state index contributed by atoms with van der Waals surface area (Å²) in [6.07, 6.45) is 1.42. The van der Waals surface area contributed by atoms with E-state index >= 15 is 0 Å². The third-order valence-corrected chi connectivity index (χ3v) is 3.97. The van der Waals surface area contributed by atoms with Crippen molar-refractivity contribution >= 4 is 29.2 Å². The molecule has 0 aliphatic carbocycles. The Hall–Kier alpha value is -1.59. The second-order valence-corrected chi connectivity index (χ2v) is 5.69. The molecule has 1 atom stereocenters. The molecule has 1 fully saturated rings. The maximum absolute atomic E-state index is 12.5. The molecule has 0 bridgehead atoms. The molecule has 0 radical (unpaired) electrons. The zero-order valence-corrected chi connectivity index (χ0v) is 12.7. The topological polar surface area (TPSA) is 60.9 Å². The van der Waals surface area contributed by atoms with E-state index in [1.807, 2.05) is 24.1 Å². The molecule has 1 aromatic carbocycles. The normalized spacial score (nSPS) is 18.5. The fourth-order valence-electron chi connectivity index (χ4n) is 2.61. The summed E-state index contributed by atoms with van der Waals surface area (Å²) in [7, 11) is 1.87. The Morgan fingerprint density at radius 3 is 2.95 bits per heavy atom. The number of likely N-dealkylation sites (N-methyl/N-ethyl adjacent to an activating group) is 1. The number of aliphatic carboxylic acids is 1. The van der Waals surface area contributed by atoms with Crippen molar-refractivity contribution in [2.24, 2.45) is 0 Å². The number of nitrogens with zero attached hydrogens (tertiary/aromatic N) is 2. The number of carboxylic acids is 1. The lowest BCUT2D eigenvalue weighted by Gasteiger charge is -2.23. The fraction of sp³-hybridized carbons (Fsp3) is 0.467. The van der Waals surface area contributed by atoms with E-state index in [4.69, 9.17) is 16.7 Å². The van der Waals surface area contributed by atoms with Crippen molar-refractivity contribution in [2.75, 3.05) is 25.0 Å². The Morgan fingerprint density at radius 2 is 2.29 bits per heavy atom. The first-order valence-corrected chi connectivity index (χ1v) is 7.36. The minimum atomic E-state index is -0.804. The van der Waals surface area contributed by atoms with Crippen LogP contribution in [0.5, 0.6) is 0 Å². The SMILES string of the molecule is CN(CCCC(=O)O)[C@@H]1CCN(c2cccc(Cl)c2)C1=O. The Bertz CT molecular complexity index is 535. The molecule has 0 spiro atoms. The van der Waals surface area contributed by atoms with Crippen LogP contribution in [0.15, 0.2) is 24.3 Å². The van der Waals surface area contributed by atoms with Crippen molar-refractivity contribution in [3.8, 4) is 0 Å². The van der Waals surface area contributed by atoms with E-state index in [2.05, 4.69) is 0 Å². The number of benzene rings is 1. The Kier molecular flexibility index (Phi) is 5.20. The summed E-state index contributed by atoms with van der Waals surface area (Å²) in [4.78, 5) is 26.7. The number of amides is 1. The molecular weight excluding hydrogens is 292 g/mol. The van der Waals surface area contributed by atoms with Crippen molar-refractivity contribution in [1.82, 2.24) is 4.90 Å². The predicted molar refractivity (Wildman–Crippen MR) is 81.7 cm³/mol. The maximum atomic E-state index is 12.5. The molecule has 0 aromatic heterocycles. The van der Waals surface area contributed by atoms with E-state index in [0.717, 1.165) is 12.1 Å². The molecule has 6 heteroatoms. The highest BCUT2D eigenvalue weighted by Gasteiger charge is 2.34. The Morgan fingerprint density at radius 1 is 1.52 bits per heavy atom. The lowest BCUT2D eigenvalue weighted by Crippen LogP contribution is -2.40. The van der Waals surface area contributed by atoms with E-state index in [0.29, 0.717) is 24.5 Å². The van der Waals surface area contributed by atoms with Crippen molar-refractivity contribution in [3.05, 3.63) is 29.3 Å². The van der Waals surface area contributed by atoms with Crippen LogP contribution in [-0.2, 0) is 9.59 Å². The molecule has 1 heterocycles. The lowest BCUT2D eigenvalue weighted by molar-refractivity contribution is -0.137. The van der Waals surface area contributed by atoms with Crippen LogP contribution >= 0.6 is 11.6 Å². The van der Waals surface area contributed by atoms with Gasteiger partial charge in [0.1, 0.15) is 0 Å². The van der Waals surface area contributed by atoms with Crippen LogP contribution in [0.1, 0.15) is 19.3 Å². The van der Waals surface area contributed by atoms with Gasteiger partial charge in [-0.25, -0.2) is 0 Å². The monoisotopic (exact) mass is 310 g/mol. The highest BCUT2D eigenvalue weighted by Crippen LogP contribution is 2.26. The Labute approximate surface area is 129 Å². The number of anilines is 1. The predicted octanol–water partition coefficient (Wildman–Crippen LogP) is 2.24. The molecule has 5 nitrogen and oxygen atoms in total. The fourth-order valence-corrected chi connectivity index (χ4v) is 2.79. The van der Waals surface area contributed by atoms with Gasteiger partial charge < -0.3 is 10.0 Å². The average molecular weight is 311 g/mol. The summed E-state index contributed by atoms with van der Waals surface area (Å²) in [5.74, 6) is -0.753. The molecule has 21 heavy (non-hydrogen) atoms. The number of hydrogen-bond acceptors (Lipinski definition) is 3. The molecule has 1 aliphatic rings. The largest absolute Gasteiger partial charge is 0.481 e. The van der Waals surface area contributed by atoms with E-state index in [1.165, 1.54) is 0 Å². The molecule has 2 rings (SSSR count). The smallest absolute Gasteiger partial charge is 0.303 e. The minimum Gasteiger partial charge on any atom is -0.481 e. The van der Waals surface area contributed by atoms with Crippen LogP contribution in [0.25, 0.3) is 0 Å². The number of carbonyl (C=O) groups excluding carboxylic acids is 1. The first-order chi connectivity index (χ1) is 9.99. The van der Waals surface area contributed by atoms with Gasteiger partial charge in [0, 0.05) is 23.7 Å². The number of carbonyl (C=O) groups is 2. The number of halogens is 1. The summed E-state index contributed by atoms with van der Waals surface area (Å²) in [6, 6.07) is 7.08. The molecular formula is C15H19ClN2O3. The lowest BCUT2D eigenvalue weighted by atomic mass is 10.2. The van der Waals surface area contributed by atoms with E-state index < -0.39 is 5.97 Å². The van der Waals surface area contributed by atoms with Gasteiger partial charge in [-0.2, -0.15) is 0 Å². The van der Waals surface area contributed by atoms with Gasteiger partial charge in [-0.05, 0) is 44.6 Å². The van der Waals surface area contributed by atoms with Crippen molar-refractivity contribution in [1.29, 1.82) is 0 Å². The molecule has 1 aromatic rings. The molecule has 0 saturated carbocycles. The van der Waals surface area contributed by atoms with Gasteiger partial charge in [-0.15, -0.1) is 0 Å². The molecule has 0 unspecified atom stereocenters. The molecule has 114 valence electrons. The van der Waals surface area contributed by atoms with Crippen LogP contribution in [0.4, 0.5) is 5.69 Å². The zero-order valence-electron chi connectivity index (χ0n) is 12.0. The van der Waals surface area contributed by atoms with Gasteiger partial charge in [-0.3, -0.25) is 14.5 Å². The van der Waals surface area contributed by atoms with Gasteiger partial charge in [-0.1, -0.05) is 17.7 Å². The number of rotatable bonds is 6. The van der Waals surface area contributed by atoms with Crippen molar-refractivity contribution < 1.29 is 14.7 Å².